The number of hydrogen-bond acceptors (Lipinski definition) is 4. The number of fused-ring (bicyclic) bond motifs is 1. The molecule has 1 heterocycles. The molecule has 0 saturated heterocycles. The predicted octanol–water partition coefficient (Wildman–Crippen LogP) is 4.12. The number of nitrogens with zero attached hydrogens (tertiary/aromatic N) is 3. The lowest BCUT2D eigenvalue weighted by atomic mass is 10.1. The van der Waals surface area contributed by atoms with Crippen molar-refractivity contribution < 1.29 is 9.72 Å². The molecule has 7 nitrogen and oxygen atoms in total. The minimum absolute atomic E-state index is 0.113. The van der Waals surface area contributed by atoms with Crippen LogP contribution >= 0.6 is 0 Å². The molecule has 0 saturated carbocycles. The molecule has 0 bridgehead atoms. The minimum atomic E-state index is -0.514. The summed E-state index contributed by atoms with van der Waals surface area (Å²) in [7, 11) is 0. The number of imidazole rings is 1. The van der Waals surface area contributed by atoms with Crippen molar-refractivity contribution in [3.05, 3.63) is 106 Å². The molecule has 3 aromatic carbocycles. The van der Waals surface area contributed by atoms with E-state index < -0.39 is 4.92 Å². The van der Waals surface area contributed by atoms with Gasteiger partial charge in [-0.05, 0) is 30.2 Å². The summed E-state index contributed by atoms with van der Waals surface area (Å²) < 4.78 is 2.11. The molecule has 1 amide bonds. The highest BCUT2D eigenvalue weighted by molar-refractivity contribution is 5.94. The number of para-hydroxylation sites is 2. The number of amides is 1. The summed E-state index contributed by atoms with van der Waals surface area (Å²) in [4.78, 5) is 27.6. The average Bonchev–Trinajstić information content (AvgIpc) is 3.14. The van der Waals surface area contributed by atoms with Gasteiger partial charge in [-0.1, -0.05) is 48.5 Å². The maximum Gasteiger partial charge on any atom is 0.270 e. The number of nitrogens with one attached hydrogen (secondary N) is 1. The zero-order valence-electron chi connectivity index (χ0n) is 16.2. The van der Waals surface area contributed by atoms with Gasteiger partial charge in [0.05, 0.1) is 22.5 Å². The molecular weight excluding hydrogens is 380 g/mol. The van der Waals surface area contributed by atoms with Gasteiger partial charge in [-0.2, -0.15) is 0 Å². The van der Waals surface area contributed by atoms with Gasteiger partial charge in [0.25, 0.3) is 11.6 Å². The molecule has 0 aliphatic rings. The second-order valence-corrected chi connectivity index (χ2v) is 6.89. The highest BCUT2D eigenvalue weighted by Crippen LogP contribution is 2.18. The van der Waals surface area contributed by atoms with Gasteiger partial charge in [0, 0.05) is 24.2 Å². The van der Waals surface area contributed by atoms with Gasteiger partial charge in [-0.15, -0.1) is 0 Å². The summed E-state index contributed by atoms with van der Waals surface area (Å²) in [5.41, 5.74) is 3.23. The van der Waals surface area contributed by atoms with Crippen molar-refractivity contribution in [2.75, 3.05) is 0 Å². The van der Waals surface area contributed by atoms with Crippen molar-refractivity contribution in [1.29, 1.82) is 0 Å². The second-order valence-electron chi connectivity index (χ2n) is 6.89. The lowest BCUT2D eigenvalue weighted by molar-refractivity contribution is -0.384. The van der Waals surface area contributed by atoms with Crippen molar-refractivity contribution in [1.82, 2.24) is 14.9 Å². The molecule has 7 heteroatoms. The normalized spacial score (nSPS) is 10.8. The van der Waals surface area contributed by atoms with Crippen LogP contribution in [0.2, 0.25) is 0 Å². The molecular formula is C23H20N4O3. The molecule has 150 valence electrons. The molecule has 0 radical (unpaired) electrons. The van der Waals surface area contributed by atoms with Gasteiger partial charge in [0.15, 0.2) is 0 Å². The van der Waals surface area contributed by atoms with Crippen molar-refractivity contribution in [2.24, 2.45) is 0 Å². The number of carbonyl (C=O) groups is 1. The zero-order chi connectivity index (χ0) is 20.9. The van der Waals surface area contributed by atoms with Crippen LogP contribution in [0.1, 0.15) is 21.7 Å². The average molecular weight is 400 g/mol. The molecule has 0 aliphatic heterocycles. The van der Waals surface area contributed by atoms with Crippen molar-refractivity contribution >= 4 is 22.6 Å². The first-order valence-electron chi connectivity index (χ1n) is 9.62. The van der Waals surface area contributed by atoms with Gasteiger partial charge in [-0.25, -0.2) is 4.98 Å². The maximum atomic E-state index is 12.5. The van der Waals surface area contributed by atoms with E-state index >= 15 is 0 Å². The fourth-order valence-corrected chi connectivity index (χ4v) is 3.42. The van der Waals surface area contributed by atoms with Crippen LogP contribution in [-0.2, 0) is 19.5 Å². The number of hydrogen-bond donors (Lipinski definition) is 1. The summed E-state index contributed by atoms with van der Waals surface area (Å²) in [5.74, 6) is 0.367. The highest BCUT2D eigenvalue weighted by atomic mass is 16.6. The molecule has 0 aliphatic carbocycles. The lowest BCUT2D eigenvalue weighted by Gasteiger charge is -2.10. The summed E-state index contributed by atoms with van der Waals surface area (Å²) in [6.07, 6.45) is 0.840. The summed E-state index contributed by atoms with van der Waals surface area (Å²) >= 11 is 0. The van der Waals surface area contributed by atoms with Gasteiger partial charge in [-0.3, -0.25) is 14.9 Å². The first-order chi connectivity index (χ1) is 14.6. The number of nitro benzene ring substituents is 1. The van der Waals surface area contributed by atoms with Crippen molar-refractivity contribution in [2.45, 2.75) is 19.5 Å². The number of benzene rings is 3. The van der Waals surface area contributed by atoms with E-state index in [9.17, 15) is 14.9 Å². The molecule has 4 aromatic rings. The largest absolute Gasteiger partial charge is 0.345 e. The Kier molecular flexibility index (Phi) is 5.52. The van der Waals surface area contributed by atoms with Crippen LogP contribution < -0.4 is 5.32 Å². The van der Waals surface area contributed by atoms with E-state index in [-0.39, 0.29) is 23.7 Å². The van der Waals surface area contributed by atoms with Crippen molar-refractivity contribution in [3.8, 4) is 0 Å². The maximum absolute atomic E-state index is 12.5. The molecule has 1 N–H and O–H groups in total. The van der Waals surface area contributed by atoms with E-state index in [0.29, 0.717) is 0 Å². The molecule has 0 fully saturated rings. The fourth-order valence-electron chi connectivity index (χ4n) is 3.42. The van der Waals surface area contributed by atoms with Crippen LogP contribution in [0.3, 0.4) is 0 Å². The Labute approximate surface area is 173 Å². The van der Waals surface area contributed by atoms with E-state index in [1.54, 1.807) is 6.07 Å². The van der Waals surface area contributed by atoms with E-state index in [0.717, 1.165) is 29.8 Å². The molecule has 0 spiro atoms. The van der Waals surface area contributed by atoms with Crippen LogP contribution in [0, 0.1) is 10.1 Å². The van der Waals surface area contributed by atoms with E-state index in [2.05, 4.69) is 27.0 Å². The van der Waals surface area contributed by atoms with E-state index in [1.165, 1.54) is 23.8 Å². The lowest BCUT2D eigenvalue weighted by Crippen LogP contribution is -2.25. The first kappa shape index (κ1) is 19.3. The standard InChI is InChI=1S/C23H20N4O3/c28-23(18-9-6-10-19(15-18)27(29)30)24-16-22-25-20-11-4-5-12-21(20)26(22)14-13-17-7-2-1-3-8-17/h1-12,15H,13-14,16H2,(H,24,28). The number of aromatic nitrogens is 2. The summed E-state index contributed by atoms with van der Waals surface area (Å²) in [5, 5.41) is 13.8. The molecule has 1 aromatic heterocycles. The number of carbonyl (C=O) groups excluding carboxylic acids is 1. The Morgan fingerprint density at radius 1 is 1.00 bits per heavy atom. The fraction of sp³-hybridized carbons (Fsp3) is 0.130. The SMILES string of the molecule is O=C(NCc1nc2ccccc2n1CCc1ccccc1)c1cccc([N+](=O)[O-])c1. The topological polar surface area (TPSA) is 90.1 Å². The van der Waals surface area contributed by atoms with Gasteiger partial charge < -0.3 is 9.88 Å². The predicted molar refractivity (Wildman–Crippen MR) is 114 cm³/mol. The first-order valence-corrected chi connectivity index (χ1v) is 9.62. The highest BCUT2D eigenvalue weighted by Gasteiger charge is 2.14. The molecule has 0 atom stereocenters. The summed E-state index contributed by atoms with van der Waals surface area (Å²) in [6, 6.07) is 23.7. The van der Waals surface area contributed by atoms with Gasteiger partial charge >= 0.3 is 0 Å². The minimum Gasteiger partial charge on any atom is -0.345 e. The van der Waals surface area contributed by atoms with Gasteiger partial charge in [0.1, 0.15) is 5.82 Å². The third-order valence-corrected chi connectivity index (χ3v) is 4.93. The number of rotatable bonds is 7. The van der Waals surface area contributed by atoms with E-state index in [4.69, 9.17) is 0 Å². The van der Waals surface area contributed by atoms with Crippen LogP contribution in [0.4, 0.5) is 5.69 Å². The molecule has 0 unspecified atom stereocenters. The van der Waals surface area contributed by atoms with Crippen molar-refractivity contribution in [3.63, 3.8) is 0 Å². The zero-order valence-corrected chi connectivity index (χ0v) is 16.2. The number of aryl methyl sites for hydroxylation is 2. The Hall–Kier alpha value is -4.00. The molecule has 4 rings (SSSR count). The Balaban J connectivity index is 1.54. The van der Waals surface area contributed by atoms with E-state index in [1.807, 2.05) is 42.5 Å². The van der Waals surface area contributed by atoms with Crippen LogP contribution in [0.5, 0.6) is 0 Å². The Morgan fingerprint density at radius 2 is 1.77 bits per heavy atom. The smallest absolute Gasteiger partial charge is 0.270 e. The third kappa shape index (κ3) is 4.20. The second kappa shape index (κ2) is 8.57. The Bertz CT molecular complexity index is 1200. The van der Waals surface area contributed by atoms with Gasteiger partial charge in [0.2, 0.25) is 0 Å². The quantitative estimate of drug-likeness (QED) is 0.373. The number of nitro groups is 1. The third-order valence-electron chi connectivity index (χ3n) is 4.93. The molecule has 30 heavy (non-hydrogen) atoms. The van der Waals surface area contributed by atoms with Crippen LogP contribution in [0.25, 0.3) is 11.0 Å². The van der Waals surface area contributed by atoms with Crippen LogP contribution in [0.15, 0.2) is 78.9 Å². The van der Waals surface area contributed by atoms with Crippen LogP contribution in [-0.4, -0.2) is 20.4 Å². The Morgan fingerprint density at radius 3 is 2.57 bits per heavy atom. The monoisotopic (exact) mass is 400 g/mol. The summed E-state index contributed by atoms with van der Waals surface area (Å²) in [6.45, 7) is 0.956. The number of non-ortho nitro benzene ring substituents is 1.